The van der Waals surface area contributed by atoms with Crippen molar-refractivity contribution >= 4 is 39.1 Å². The Labute approximate surface area is 257 Å². The van der Waals surface area contributed by atoms with E-state index in [-0.39, 0.29) is 78.6 Å². The summed E-state index contributed by atoms with van der Waals surface area (Å²) in [7, 11) is -1.34. The molecule has 4 rings (SSSR count). The average molecular weight is 642 g/mol. The van der Waals surface area contributed by atoms with Gasteiger partial charge in [0.2, 0.25) is 16.0 Å². The molecule has 0 saturated carbocycles. The third-order valence-electron chi connectivity index (χ3n) is 8.54. The predicted molar refractivity (Wildman–Crippen MR) is 164 cm³/mol. The maximum absolute atomic E-state index is 14.2. The molecule has 3 heterocycles. The highest BCUT2D eigenvalue weighted by Crippen LogP contribution is 2.40. The van der Waals surface area contributed by atoms with E-state index in [1.807, 2.05) is 0 Å². The molecule has 0 spiro atoms. The largest absolute Gasteiger partial charge is 0.462 e. The third kappa shape index (κ3) is 7.54. The quantitative estimate of drug-likeness (QED) is 0.397. The number of carbonyl (C=O) groups excluding carboxylic acids is 1. The number of aromatic nitrogens is 2. The van der Waals surface area contributed by atoms with Gasteiger partial charge in [-0.25, -0.2) is 18.2 Å². The topological polar surface area (TPSA) is 120 Å². The molecule has 2 aliphatic heterocycles. The minimum absolute atomic E-state index is 0.00892. The van der Waals surface area contributed by atoms with Gasteiger partial charge in [0.15, 0.2) is 0 Å². The minimum atomic E-state index is -4.67. The van der Waals surface area contributed by atoms with E-state index in [9.17, 15) is 26.4 Å². The molecule has 0 radical (unpaired) electrons. The number of benzene rings is 1. The van der Waals surface area contributed by atoms with Gasteiger partial charge in [-0.1, -0.05) is 0 Å². The number of likely N-dealkylation sites (tertiary alicyclic amines) is 1. The van der Waals surface area contributed by atoms with Crippen LogP contribution < -0.4 is 15.5 Å². The van der Waals surface area contributed by atoms with Crippen molar-refractivity contribution in [2.24, 2.45) is 0 Å². The molecule has 2 N–H and O–H groups in total. The van der Waals surface area contributed by atoms with E-state index >= 15 is 0 Å². The van der Waals surface area contributed by atoms with Crippen molar-refractivity contribution in [2.45, 2.75) is 70.8 Å². The van der Waals surface area contributed by atoms with Crippen LogP contribution in [0.15, 0.2) is 24.4 Å². The van der Waals surface area contributed by atoms with Crippen LogP contribution in [0.2, 0.25) is 0 Å². The highest BCUT2D eigenvalue weighted by Gasteiger charge is 2.43. The summed E-state index contributed by atoms with van der Waals surface area (Å²) in [4.78, 5) is 25.3. The third-order valence-corrected chi connectivity index (χ3v) is 9.84. The highest BCUT2D eigenvalue weighted by molar-refractivity contribution is 7.88. The fourth-order valence-electron chi connectivity index (χ4n) is 6.08. The summed E-state index contributed by atoms with van der Waals surface area (Å²) in [6, 6.07) is 3.78. The van der Waals surface area contributed by atoms with Gasteiger partial charge in [-0.05, 0) is 72.7 Å². The first-order valence-electron chi connectivity index (χ1n) is 14.5. The number of ether oxygens (including phenoxy) is 1. The molecule has 1 aromatic heterocycles. The number of nitrogens with one attached hydrogen (secondary N) is 2. The van der Waals surface area contributed by atoms with Gasteiger partial charge in [0.05, 0.1) is 18.4 Å². The molecule has 0 bridgehead atoms. The first-order valence-corrected chi connectivity index (χ1v) is 16.4. The maximum atomic E-state index is 14.2. The summed E-state index contributed by atoms with van der Waals surface area (Å²) >= 11 is 0. The molecule has 15 heteroatoms. The summed E-state index contributed by atoms with van der Waals surface area (Å²) in [6.07, 6.45) is -0.757. The average Bonchev–Trinajstić information content (AvgIpc) is 2.91. The van der Waals surface area contributed by atoms with Gasteiger partial charge >= 0.3 is 12.1 Å². The summed E-state index contributed by atoms with van der Waals surface area (Å²) in [5.41, 5.74) is -0.966. The lowest BCUT2D eigenvalue weighted by molar-refractivity contribution is -0.137. The molecule has 2 fully saturated rings. The Hall–Kier alpha value is -3.17. The molecule has 2 saturated heterocycles. The standard InChI is InChI=1S/C29H42F3N7O4S/c1-8-43-25(40)21-18-33-26(36-24(21)34-20-16-27(2,3)37(6)28(4,5)17-20)35-19-9-10-23(22(15-19)29(30,31)32)38-11-13-39(14-12-38)44(7,41)42/h9-10,15,18,20H,8,11-14,16-17H2,1-7H3,(H2,33,34,35,36). The van der Waals surface area contributed by atoms with Crippen molar-refractivity contribution in [2.75, 3.05) is 61.6 Å². The summed E-state index contributed by atoms with van der Waals surface area (Å²) in [6.45, 7) is 10.9. The fraction of sp³-hybridized carbons (Fsp3) is 0.621. The van der Waals surface area contributed by atoms with E-state index < -0.39 is 27.7 Å². The van der Waals surface area contributed by atoms with Crippen molar-refractivity contribution in [1.82, 2.24) is 19.2 Å². The Kier molecular flexibility index (Phi) is 9.44. The van der Waals surface area contributed by atoms with Crippen LogP contribution in [0.1, 0.15) is 63.4 Å². The Bertz CT molecular complexity index is 1460. The number of carbonyl (C=O) groups is 1. The number of alkyl halides is 3. The number of anilines is 4. The number of halogens is 3. The SMILES string of the molecule is CCOC(=O)c1cnc(Nc2ccc(N3CCN(S(C)(=O)=O)CC3)c(C(F)(F)F)c2)nc1NC1CC(C)(C)N(C)C(C)(C)C1. The van der Waals surface area contributed by atoms with E-state index in [2.05, 4.69) is 60.2 Å². The number of hydrogen-bond acceptors (Lipinski definition) is 10. The summed E-state index contributed by atoms with van der Waals surface area (Å²) in [5, 5.41) is 6.26. The molecule has 2 aliphatic rings. The van der Waals surface area contributed by atoms with Crippen LogP contribution in [-0.4, -0.2) is 96.8 Å². The lowest BCUT2D eigenvalue weighted by Gasteiger charge is -2.53. The van der Waals surface area contributed by atoms with E-state index in [0.29, 0.717) is 0 Å². The predicted octanol–water partition coefficient (Wildman–Crippen LogP) is 4.56. The van der Waals surface area contributed by atoms with Gasteiger partial charge in [0, 0.05) is 60.9 Å². The number of rotatable bonds is 8. The minimum Gasteiger partial charge on any atom is -0.462 e. The van der Waals surface area contributed by atoms with Crippen molar-refractivity contribution in [1.29, 1.82) is 0 Å². The number of hydrogen-bond donors (Lipinski definition) is 2. The number of piperidine rings is 1. The molecular weight excluding hydrogens is 599 g/mol. The van der Waals surface area contributed by atoms with Crippen molar-refractivity contribution in [3.05, 3.63) is 35.5 Å². The molecular formula is C29H42F3N7O4S. The molecule has 0 atom stereocenters. The lowest BCUT2D eigenvalue weighted by Crippen LogP contribution is -2.61. The van der Waals surface area contributed by atoms with Crippen LogP contribution in [0, 0.1) is 0 Å². The van der Waals surface area contributed by atoms with E-state index in [4.69, 9.17) is 4.74 Å². The molecule has 11 nitrogen and oxygen atoms in total. The van der Waals surface area contributed by atoms with Gasteiger partial charge in [-0.15, -0.1) is 0 Å². The molecule has 0 unspecified atom stereocenters. The maximum Gasteiger partial charge on any atom is 0.418 e. The highest BCUT2D eigenvalue weighted by atomic mass is 32.2. The van der Waals surface area contributed by atoms with E-state index in [0.717, 1.165) is 25.2 Å². The number of esters is 1. The van der Waals surface area contributed by atoms with Crippen molar-refractivity contribution in [3.8, 4) is 0 Å². The van der Waals surface area contributed by atoms with Crippen LogP contribution in [0.3, 0.4) is 0 Å². The Morgan fingerprint density at radius 3 is 2.25 bits per heavy atom. The van der Waals surface area contributed by atoms with Crippen molar-refractivity contribution < 1.29 is 31.1 Å². The monoisotopic (exact) mass is 641 g/mol. The van der Waals surface area contributed by atoms with E-state index in [1.165, 1.54) is 27.5 Å². The van der Waals surface area contributed by atoms with Crippen LogP contribution in [0.25, 0.3) is 0 Å². The van der Waals surface area contributed by atoms with Crippen LogP contribution in [0.4, 0.5) is 36.3 Å². The number of nitrogens with zero attached hydrogens (tertiary/aromatic N) is 5. The van der Waals surface area contributed by atoms with Crippen molar-refractivity contribution in [3.63, 3.8) is 0 Å². The normalized spacial score (nSPS) is 19.9. The Morgan fingerprint density at radius 1 is 1.09 bits per heavy atom. The first-order chi connectivity index (χ1) is 20.3. The van der Waals surface area contributed by atoms with Gasteiger partial charge in [-0.3, -0.25) is 4.90 Å². The van der Waals surface area contributed by atoms with Gasteiger partial charge < -0.3 is 20.3 Å². The summed E-state index contributed by atoms with van der Waals surface area (Å²) in [5.74, 6) is -0.360. The zero-order valence-corrected chi connectivity index (χ0v) is 27.1. The molecule has 1 aromatic carbocycles. The first kappa shape index (κ1) is 33.7. The van der Waals surface area contributed by atoms with E-state index in [1.54, 1.807) is 6.92 Å². The second kappa shape index (κ2) is 12.3. The second-order valence-corrected chi connectivity index (χ2v) is 14.6. The van der Waals surface area contributed by atoms with Crippen LogP contribution in [-0.2, 0) is 20.9 Å². The van der Waals surface area contributed by atoms with Crippen LogP contribution in [0.5, 0.6) is 0 Å². The van der Waals surface area contributed by atoms with Crippen LogP contribution >= 0.6 is 0 Å². The zero-order valence-electron chi connectivity index (χ0n) is 26.2. The number of sulfonamides is 1. The molecule has 0 amide bonds. The Morgan fingerprint density at radius 2 is 1.70 bits per heavy atom. The molecule has 44 heavy (non-hydrogen) atoms. The molecule has 2 aromatic rings. The molecule has 244 valence electrons. The zero-order chi connectivity index (χ0) is 32.7. The fourth-order valence-corrected chi connectivity index (χ4v) is 6.91. The second-order valence-electron chi connectivity index (χ2n) is 12.6. The lowest BCUT2D eigenvalue weighted by atomic mass is 9.77. The number of piperazine rings is 1. The smallest absolute Gasteiger partial charge is 0.418 e. The van der Waals surface area contributed by atoms with Gasteiger partial charge in [0.25, 0.3) is 0 Å². The molecule has 0 aliphatic carbocycles. The summed E-state index contributed by atoms with van der Waals surface area (Å²) < 4.78 is 72.8. The van der Waals surface area contributed by atoms with Gasteiger partial charge in [-0.2, -0.15) is 22.5 Å². The Balaban J connectivity index is 1.62. The van der Waals surface area contributed by atoms with Gasteiger partial charge in [0.1, 0.15) is 11.4 Å².